The van der Waals surface area contributed by atoms with Gasteiger partial charge in [-0.3, -0.25) is 9.59 Å². The van der Waals surface area contributed by atoms with Crippen LogP contribution in [0.25, 0.3) is 5.57 Å². The maximum atomic E-state index is 13.6. The molecule has 30 heavy (non-hydrogen) atoms. The standard InChI is InChI=1S/C26H24N2O2/c1-16-13-14-20(15-18(16)3)23-24(27-21-10-6-5-7-11-21)26(30)28(25(23)29)22-12-8-9-17(2)19(22)4/h5-15,27H,1-4H3. The molecule has 0 fully saturated rings. The number of carbonyl (C=O) groups excluding carboxylic acids is 2. The van der Waals surface area contributed by atoms with Crippen LogP contribution in [0.3, 0.4) is 0 Å². The number of amides is 2. The number of rotatable bonds is 4. The van der Waals surface area contributed by atoms with Gasteiger partial charge in [0.25, 0.3) is 11.8 Å². The third-order valence-electron chi connectivity index (χ3n) is 5.74. The summed E-state index contributed by atoms with van der Waals surface area (Å²) in [5.74, 6) is -0.652. The van der Waals surface area contributed by atoms with E-state index >= 15 is 0 Å². The van der Waals surface area contributed by atoms with Crippen molar-refractivity contribution in [3.63, 3.8) is 0 Å². The molecule has 0 aromatic heterocycles. The minimum Gasteiger partial charge on any atom is -0.350 e. The summed E-state index contributed by atoms with van der Waals surface area (Å²) in [5.41, 5.74) is 6.98. The Hall–Kier alpha value is -3.66. The summed E-state index contributed by atoms with van der Waals surface area (Å²) in [7, 11) is 0. The Morgan fingerprint density at radius 3 is 2.13 bits per heavy atom. The van der Waals surface area contributed by atoms with E-state index in [0.717, 1.165) is 33.5 Å². The first-order valence-corrected chi connectivity index (χ1v) is 9.97. The van der Waals surface area contributed by atoms with Crippen molar-refractivity contribution in [2.45, 2.75) is 27.7 Å². The maximum absolute atomic E-state index is 13.6. The fourth-order valence-electron chi connectivity index (χ4n) is 3.67. The van der Waals surface area contributed by atoms with E-state index in [1.54, 1.807) is 0 Å². The van der Waals surface area contributed by atoms with Crippen LogP contribution in [0.4, 0.5) is 11.4 Å². The molecule has 0 bridgehead atoms. The number of aryl methyl sites for hydroxylation is 3. The number of benzene rings is 3. The molecule has 0 unspecified atom stereocenters. The molecule has 3 aromatic carbocycles. The predicted molar refractivity (Wildman–Crippen MR) is 121 cm³/mol. The number of hydrogen-bond acceptors (Lipinski definition) is 3. The van der Waals surface area contributed by atoms with Crippen LogP contribution in [0.1, 0.15) is 27.8 Å². The largest absolute Gasteiger partial charge is 0.350 e. The van der Waals surface area contributed by atoms with Gasteiger partial charge in [-0.1, -0.05) is 48.5 Å². The van der Waals surface area contributed by atoms with Crippen LogP contribution < -0.4 is 10.2 Å². The topological polar surface area (TPSA) is 49.4 Å². The van der Waals surface area contributed by atoms with Crippen LogP contribution in [-0.4, -0.2) is 11.8 Å². The van der Waals surface area contributed by atoms with E-state index < -0.39 is 0 Å². The summed E-state index contributed by atoms with van der Waals surface area (Å²) in [6, 6.07) is 21.0. The van der Waals surface area contributed by atoms with E-state index in [9.17, 15) is 9.59 Å². The van der Waals surface area contributed by atoms with Gasteiger partial charge < -0.3 is 5.32 Å². The third-order valence-corrected chi connectivity index (χ3v) is 5.74. The van der Waals surface area contributed by atoms with Crippen LogP contribution in [-0.2, 0) is 9.59 Å². The number of carbonyl (C=O) groups is 2. The molecule has 1 aliphatic rings. The predicted octanol–water partition coefficient (Wildman–Crippen LogP) is 5.32. The van der Waals surface area contributed by atoms with E-state index in [0.29, 0.717) is 17.0 Å². The zero-order chi connectivity index (χ0) is 21.4. The third kappa shape index (κ3) is 3.30. The molecule has 2 amide bonds. The second kappa shape index (κ2) is 7.64. The number of anilines is 2. The quantitative estimate of drug-likeness (QED) is 0.608. The van der Waals surface area contributed by atoms with Gasteiger partial charge in [0.2, 0.25) is 0 Å². The van der Waals surface area contributed by atoms with E-state index in [1.807, 2.05) is 94.4 Å². The van der Waals surface area contributed by atoms with Crippen molar-refractivity contribution in [1.82, 2.24) is 0 Å². The first kappa shape index (κ1) is 19.6. The molecule has 0 saturated heterocycles. The van der Waals surface area contributed by atoms with Gasteiger partial charge in [0.1, 0.15) is 5.70 Å². The number of hydrogen-bond donors (Lipinski definition) is 1. The summed E-state index contributed by atoms with van der Waals surface area (Å²) in [6.07, 6.45) is 0. The van der Waals surface area contributed by atoms with Crippen LogP contribution in [0, 0.1) is 27.7 Å². The molecule has 0 aliphatic carbocycles. The molecule has 150 valence electrons. The Morgan fingerprint density at radius 1 is 0.700 bits per heavy atom. The van der Waals surface area contributed by atoms with Gasteiger partial charge in [0.15, 0.2) is 0 Å². The lowest BCUT2D eigenvalue weighted by Gasteiger charge is -2.19. The Morgan fingerprint density at radius 2 is 1.43 bits per heavy atom. The van der Waals surface area contributed by atoms with E-state index in [-0.39, 0.29) is 11.8 Å². The smallest absolute Gasteiger partial charge is 0.282 e. The molecule has 1 heterocycles. The van der Waals surface area contributed by atoms with Gasteiger partial charge in [-0.05, 0) is 73.7 Å². The Kier molecular flexibility index (Phi) is 5.00. The number of para-hydroxylation sites is 1. The van der Waals surface area contributed by atoms with Gasteiger partial charge >= 0.3 is 0 Å². The second-order valence-corrected chi connectivity index (χ2v) is 7.70. The highest BCUT2D eigenvalue weighted by Gasteiger charge is 2.41. The van der Waals surface area contributed by atoms with Crippen molar-refractivity contribution >= 4 is 28.8 Å². The fourth-order valence-corrected chi connectivity index (χ4v) is 3.67. The normalized spacial score (nSPS) is 13.9. The summed E-state index contributed by atoms with van der Waals surface area (Å²) in [5, 5.41) is 3.21. The Bertz CT molecular complexity index is 1190. The summed E-state index contributed by atoms with van der Waals surface area (Å²) in [4.78, 5) is 28.4. The zero-order valence-electron chi connectivity index (χ0n) is 17.6. The Labute approximate surface area is 176 Å². The van der Waals surface area contributed by atoms with Crippen LogP contribution in [0.5, 0.6) is 0 Å². The van der Waals surface area contributed by atoms with Crippen molar-refractivity contribution < 1.29 is 9.59 Å². The van der Waals surface area contributed by atoms with Gasteiger partial charge in [-0.25, -0.2) is 4.90 Å². The van der Waals surface area contributed by atoms with Gasteiger partial charge in [0, 0.05) is 5.69 Å². The van der Waals surface area contributed by atoms with Crippen LogP contribution in [0.2, 0.25) is 0 Å². The van der Waals surface area contributed by atoms with Crippen molar-refractivity contribution in [3.8, 4) is 0 Å². The van der Waals surface area contributed by atoms with Crippen molar-refractivity contribution in [2.24, 2.45) is 0 Å². The SMILES string of the molecule is Cc1ccc(C2=C(Nc3ccccc3)C(=O)N(c3cccc(C)c3C)C2=O)cc1C. The van der Waals surface area contributed by atoms with Gasteiger partial charge in [-0.15, -0.1) is 0 Å². The number of nitrogens with zero attached hydrogens (tertiary/aromatic N) is 1. The summed E-state index contributed by atoms with van der Waals surface area (Å²) in [6.45, 7) is 7.95. The average Bonchev–Trinajstić information content (AvgIpc) is 2.97. The minimum atomic E-state index is -0.342. The molecule has 4 rings (SSSR count). The summed E-state index contributed by atoms with van der Waals surface area (Å²) >= 11 is 0. The first-order chi connectivity index (χ1) is 14.4. The van der Waals surface area contributed by atoms with Gasteiger partial charge in [0.05, 0.1) is 11.3 Å². The first-order valence-electron chi connectivity index (χ1n) is 9.97. The Balaban J connectivity index is 1.88. The lowest BCUT2D eigenvalue weighted by Crippen LogP contribution is -2.33. The lowest BCUT2D eigenvalue weighted by atomic mass is 9.99. The molecule has 0 saturated carbocycles. The molecule has 3 aromatic rings. The fraction of sp³-hybridized carbons (Fsp3) is 0.154. The van der Waals surface area contributed by atoms with Crippen molar-refractivity contribution in [2.75, 3.05) is 10.2 Å². The molecule has 1 N–H and O–H groups in total. The highest BCUT2D eigenvalue weighted by Crippen LogP contribution is 2.36. The molecular formula is C26H24N2O2. The molecule has 4 heteroatoms. The number of nitrogens with one attached hydrogen (secondary N) is 1. The summed E-state index contributed by atoms with van der Waals surface area (Å²) < 4.78 is 0. The zero-order valence-corrected chi connectivity index (χ0v) is 17.6. The maximum Gasteiger partial charge on any atom is 0.282 e. The van der Waals surface area contributed by atoms with Crippen LogP contribution >= 0.6 is 0 Å². The molecule has 0 spiro atoms. The molecule has 0 radical (unpaired) electrons. The van der Waals surface area contributed by atoms with Crippen molar-refractivity contribution in [1.29, 1.82) is 0 Å². The van der Waals surface area contributed by atoms with E-state index in [4.69, 9.17) is 0 Å². The average molecular weight is 396 g/mol. The highest BCUT2D eigenvalue weighted by atomic mass is 16.2. The van der Waals surface area contributed by atoms with Crippen LogP contribution in [0.15, 0.2) is 72.4 Å². The minimum absolute atomic E-state index is 0.301. The lowest BCUT2D eigenvalue weighted by molar-refractivity contribution is -0.120. The van der Waals surface area contributed by atoms with Gasteiger partial charge in [-0.2, -0.15) is 0 Å². The van der Waals surface area contributed by atoms with E-state index in [1.165, 1.54) is 4.90 Å². The second-order valence-electron chi connectivity index (χ2n) is 7.70. The van der Waals surface area contributed by atoms with Crippen molar-refractivity contribution in [3.05, 3.63) is 100 Å². The molecule has 1 aliphatic heterocycles. The molecule has 0 atom stereocenters. The highest BCUT2D eigenvalue weighted by molar-refractivity contribution is 6.46. The van der Waals surface area contributed by atoms with E-state index in [2.05, 4.69) is 5.32 Å². The number of imide groups is 1. The molecular weight excluding hydrogens is 372 g/mol. The molecule has 4 nitrogen and oxygen atoms in total. The monoisotopic (exact) mass is 396 g/mol.